The molecule has 0 amide bonds. The standard InChI is InChI=1S/C20H19FN2O/c21-16-6-7-18-17(14-16)19(8-11-22-18)23-12-9-20(24,10-13-23)15-4-2-1-3-5-15/h1-8,11,14,24H,9-10,12-13H2. The number of pyridine rings is 1. The first-order chi connectivity index (χ1) is 11.7. The second kappa shape index (κ2) is 5.87. The smallest absolute Gasteiger partial charge is 0.124 e. The van der Waals surface area contributed by atoms with Crippen LogP contribution in [0.3, 0.4) is 0 Å². The predicted octanol–water partition coefficient (Wildman–Crippen LogP) is 3.86. The Labute approximate surface area is 140 Å². The molecule has 24 heavy (non-hydrogen) atoms. The number of fused-ring (bicyclic) bond motifs is 1. The summed E-state index contributed by atoms with van der Waals surface area (Å²) < 4.78 is 13.6. The van der Waals surface area contributed by atoms with E-state index < -0.39 is 5.60 Å². The maximum absolute atomic E-state index is 13.6. The lowest BCUT2D eigenvalue weighted by molar-refractivity contribution is 0.0118. The average molecular weight is 322 g/mol. The number of anilines is 1. The van der Waals surface area contributed by atoms with E-state index in [0.717, 1.165) is 35.2 Å². The molecule has 0 saturated carbocycles. The lowest BCUT2D eigenvalue weighted by Gasteiger charge is -2.40. The lowest BCUT2D eigenvalue weighted by Crippen LogP contribution is -2.42. The van der Waals surface area contributed by atoms with Crippen molar-refractivity contribution in [3.05, 3.63) is 72.2 Å². The Morgan fingerprint density at radius 2 is 1.75 bits per heavy atom. The van der Waals surface area contributed by atoms with Crippen molar-refractivity contribution in [2.24, 2.45) is 0 Å². The largest absolute Gasteiger partial charge is 0.385 e. The second-order valence-corrected chi connectivity index (χ2v) is 6.38. The summed E-state index contributed by atoms with van der Waals surface area (Å²) in [5.74, 6) is -0.255. The van der Waals surface area contributed by atoms with E-state index in [2.05, 4.69) is 9.88 Å². The van der Waals surface area contributed by atoms with Crippen molar-refractivity contribution in [3.8, 4) is 0 Å². The van der Waals surface area contributed by atoms with Crippen molar-refractivity contribution in [1.82, 2.24) is 4.98 Å². The molecule has 0 atom stereocenters. The van der Waals surface area contributed by atoms with Crippen LogP contribution < -0.4 is 4.90 Å². The summed E-state index contributed by atoms with van der Waals surface area (Å²) in [6.07, 6.45) is 3.06. The number of halogens is 1. The normalized spacial score (nSPS) is 17.2. The van der Waals surface area contributed by atoms with Crippen molar-refractivity contribution >= 4 is 16.6 Å². The highest BCUT2D eigenvalue weighted by atomic mass is 19.1. The molecule has 4 heteroatoms. The Hall–Kier alpha value is -2.46. The van der Waals surface area contributed by atoms with Crippen LogP contribution in [0.4, 0.5) is 10.1 Å². The molecule has 122 valence electrons. The molecule has 2 heterocycles. The van der Waals surface area contributed by atoms with Gasteiger partial charge in [0.25, 0.3) is 0 Å². The molecule has 0 unspecified atom stereocenters. The number of piperidine rings is 1. The van der Waals surface area contributed by atoms with Gasteiger partial charge < -0.3 is 10.0 Å². The van der Waals surface area contributed by atoms with E-state index in [4.69, 9.17) is 0 Å². The zero-order valence-electron chi connectivity index (χ0n) is 13.3. The summed E-state index contributed by atoms with van der Waals surface area (Å²) in [6, 6.07) is 16.4. The van der Waals surface area contributed by atoms with Gasteiger partial charge in [-0.15, -0.1) is 0 Å². The summed E-state index contributed by atoms with van der Waals surface area (Å²) in [5.41, 5.74) is 1.95. The minimum atomic E-state index is -0.786. The zero-order valence-corrected chi connectivity index (χ0v) is 13.3. The molecule has 1 N–H and O–H groups in total. The molecule has 4 rings (SSSR count). The molecule has 1 fully saturated rings. The minimum absolute atomic E-state index is 0.255. The van der Waals surface area contributed by atoms with Crippen LogP contribution in [-0.2, 0) is 5.60 Å². The first kappa shape index (κ1) is 15.1. The van der Waals surface area contributed by atoms with E-state index in [1.165, 1.54) is 12.1 Å². The van der Waals surface area contributed by atoms with Gasteiger partial charge in [0, 0.05) is 30.4 Å². The first-order valence-electron chi connectivity index (χ1n) is 8.23. The number of hydrogen-bond acceptors (Lipinski definition) is 3. The third-order valence-electron chi connectivity index (χ3n) is 4.92. The van der Waals surface area contributed by atoms with Crippen molar-refractivity contribution < 1.29 is 9.50 Å². The van der Waals surface area contributed by atoms with Crippen LogP contribution in [0.1, 0.15) is 18.4 Å². The van der Waals surface area contributed by atoms with Crippen LogP contribution in [0.15, 0.2) is 60.8 Å². The highest BCUT2D eigenvalue weighted by Gasteiger charge is 2.34. The van der Waals surface area contributed by atoms with Gasteiger partial charge in [-0.1, -0.05) is 30.3 Å². The summed E-state index contributed by atoms with van der Waals surface area (Å²) in [7, 11) is 0. The van der Waals surface area contributed by atoms with Crippen molar-refractivity contribution in [1.29, 1.82) is 0 Å². The quantitative estimate of drug-likeness (QED) is 0.778. The molecule has 1 saturated heterocycles. The molecule has 0 radical (unpaired) electrons. The highest BCUT2D eigenvalue weighted by Crippen LogP contribution is 2.36. The molecule has 2 aromatic carbocycles. The number of rotatable bonds is 2. The van der Waals surface area contributed by atoms with Crippen LogP contribution in [-0.4, -0.2) is 23.2 Å². The number of hydrogen-bond donors (Lipinski definition) is 1. The summed E-state index contributed by atoms with van der Waals surface area (Å²) in [4.78, 5) is 6.52. The van der Waals surface area contributed by atoms with Crippen LogP contribution in [0.5, 0.6) is 0 Å². The molecule has 0 spiro atoms. The Bertz CT molecular complexity index is 858. The summed E-state index contributed by atoms with van der Waals surface area (Å²) >= 11 is 0. The van der Waals surface area contributed by atoms with Gasteiger partial charge in [0.1, 0.15) is 5.82 Å². The zero-order chi connectivity index (χ0) is 16.6. The number of nitrogens with zero attached hydrogens (tertiary/aromatic N) is 2. The molecule has 1 aliphatic rings. The first-order valence-corrected chi connectivity index (χ1v) is 8.23. The maximum atomic E-state index is 13.6. The van der Waals surface area contributed by atoms with E-state index in [-0.39, 0.29) is 5.82 Å². The van der Waals surface area contributed by atoms with Gasteiger partial charge in [-0.05, 0) is 42.7 Å². The predicted molar refractivity (Wildman–Crippen MR) is 93.5 cm³/mol. The second-order valence-electron chi connectivity index (χ2n) is 6.38. The SMILES string of the molecule is OC1(c2ccccc2)CCN(c2ccnc3ccc(F)cc23)CC1. The number of aliphatic hydroxyl groups is 1. The van der Waals surface area contributed by atoms with Crippen LogP contribution in [0.2, 0.25) is 0 Å². The highest BCUT2D eigenvalue weighted by molar-refractivity contribution is 5.91. The van der Waals surface area contributed by atoms with Gasteiger partial charge in [0.15, 0.2) is 0 Å². The Balaban J connectivity index is 1.62. The van der Waals surface area contributed by atoms with Gasteiger partial charge >= 0.3 is 0 Å². The van der Waals surface area contributed by atoms with E-state index in [1.54, 1.807) is 12.3 Å². The molecule has 1 aliphatic heterocycles. The third kappa shape index (κ3) is 2.63. The average Bonchev–Trinajstić information content (AvgIpc) is 2.63. The minimum Gasteiger partial charge on any atom is -0.385 e. The fourth-order valence-corrected chi connectivity index (χ4v) is 3.53. The van der Waals surface area contributed by atoms with E-state index >= 15 is 0 Å². The topological polar surface area (TPSA) is 36.4 Å². The van der Waals surface area contributed by atoms with Crippen LogP contribution in [0, 0.1) is 5.82 Å². The summed E-state index contributed by atoms with van der Waals surface area (Å²) in [5, 5.41) is 11.8. The van der Waals surface area contributed by atoms with Gasteiger partial charge in [-0.2, -0.15) is 0 Å². The van der Waals surface area contributed by atoms with Gasteiger partial charge in [0.05, 0.1) is 11.1 Å². The third-order valence-corrected chi connectivity index (χ3v) is 4.92. The molecule has 0 aliphatic carbocycles. The number of aromatic nitrogens is 1. The van der Waals surface area contributed by atoms with Crippen LogP contribution >= 0.6 is 0 Å². The monoisotopic (exact) mass is 322 g/mol. The van der Waals surface area contributed by atoms with E-state index in [1.807, 2.05) is 36.4 Å². The van der Waals surface area contributed by atoms with Crippen molar-refractivity contribution in [2.45, 2.75) is 18.4 Å². The molecule has 1 aromatic heterocycles. The Morgan fingerprint density at radius 3 is 2.50 bits per heavy atom. The Kier molecular flexibility index (Phi) is 3.69. The molecule has 3 nitrogen and oxygen atoms in total. The molecule has 0 bridgehead atoms. The summed E-state index contributed by atoms with van der Waals surface area (Å²) in [6.45, 7) is 1.45. The van der Waals surface area contributed by atoms with Gasteiger partial charge in [-0.3, -0.25) is 4.98 Å². The lowest BCUT2D eigenvalue weighted by atomic mass is 9.84. The van der Waals surface area contributed by atoms with Crippen molar-refractivity contribution in [3.63, 3.8) is 0 Å². The number of benzene rings is 2. The fraction of sp³-hybridized carbons (Fsp3) is 0.250. The van der Waals surface area contributed by atoms with E-state index in [0.29, 0.717) is 12.8 Å². The molecule has 3 aromatic rings. The van der Waals surface area contributed by atoms with E-state index in [9.17, 15) is 9.50 Å². The fourth-order valence-electron chi connectivity index (χ4n) is 3.53. The van der Waals surface area contributed by atoms with Gasteiger partial charge in [0.2, 0.25) is 0 Å². The van der Waals surface area contributed by atoms with Crippen molar-refractivity contribution in [2.75, 3.05) is 18.0 Å². The molecular formula is C20H19FN2O. The maximum Gasteiger partial charge on any atom is 0.124 e. The van der Waals surface area contributed by atoms with Gasteiger partial charge in [-0.25, -0.2) is 4.39 Å². The van der Waals surface area contributed by atoms with Crippen LogP contribution in [0.25, 0.3) is 10.9 Å². The Morgan fingerprint density at radius 1 is 1.00 bits per heavy atom. The molecular weight excluding hydrogens is 303 g/mol.